The molecule has 0 spiro atoms. The summed E-state index contributed by atoms with van der Waals surface area (Å²) >= 11 is 1.81. The van der Waals surface area contributed by atoms with Crippen molar-refractivity contribution in [3.8, 4) is 6.07 Å². The van der Waals surface area contributed by atoms with Crippen molar-refractivity contribution < 1.29 is 0 Å². The maximum atomic E-state index is 9.03. The molecule has 15 heavy (non-hydrogen) atoms. The van der Waals surface area contributed by atoms with Gasteiger partial charge in [0, 0.05) is 10.1 Å². The lowest BCUT2D eigenvalue weighted by atomic mass is 10.1. The van der Waals surface area contributed by atoms with Crippen molar-refractivity contribution in [3.05, 3.63) is 29.3 Å². The number of nitriles is 1. The standard InChI is InChI=1S/C13H17NS/c1-9(2)11(4)15-13-10(3)6-5-7-12(13)8-14/h5-7,9,11H,1-4H3. The molecule has 1 rings (SSSR count). The fourth-order valence-electron chi connectivity index (χ4n) is 1.22. The maximum Gasteiger partial charge on any atom is 0.100 e. The van der Waals surface area contributed by atoms with Crippen LogP contribution in [0.1, 0.15) is 31.9 Å². The number of thioether (sulfide) groups is 1. The van der Waals surface area contributed by atoms with Crippen molar-refractivity contribution in [2.45, 2.75) is 37.8 Å². The summed E-state index contributed by atoms with van der Waals surface area (Å²) in [5.41, 5.74) is 2.00. The Balaban J connectivity index is 2.99. The summed E-state index contributed by atoms with van der Waals surface area (Å²) in [7, 11) is 0. The summed E-state index contributed by atoms with van der Waals surface area (Å²) in [5, 5.41) is 9.57. The van der Waals surface area contributed by atoms with Gasteiger partial charge in [0.1, 0.15) is 6.07 Å². The molecule has 0 aliphatic rings. The Morgan fingerprint density at radius 2 is 1.93 bits per heavy atom. The van der Waals surface area contributed by atoms with Gasteiger partial charge in [-0.15, -0.1) is 11.8 Å². The lowest BCUT2D eigenvalue weighted by molar-refractivity contribution is 0.642. The fraction of sp³-hybridized carbons (Fsp3) is 0.462. The largest absolute Gasteiger partial charge is 0.192 e. The second-order valence-corrected chi connectivity index (χ2v) is 5.52. The minimum absolute atomic E-state index is 0.540. The molecule has 0 saturated heterocycles. The van der Waals surface area contributed by atoms with Crippen LogP contribution in [-0.4, -0.2) is 5.25 Å². The van der Waals surface area contributed by atoms with E-state index in [2.05, 4.69) is 39.8 Å². The molecule has 1 nitrogen and oxygen atoms in total. The highest BCUT2D eigenvalue weighted by molar-refractivity contribution is 8.00. The van der Waals surface area contributed by atoms with Crippen LogP contribution in [0.2, 0.25) is 0 Å². The second kappa shape index (κ2) is 5.23. The summed E-state index contributed by atoms with van der Waals surface area (Å²) in [4.78, 5) is 1.14. The zero-order chi connectivity index (χ0) is 11.4. The Kier molecular flexibility index (Phi) is 4.23. The van der Waals surface area contributed by atoms with E-state index in [9.17, 15) is 0 Å². The minimum Gasteiger partial charge on any atom is -0.192 e. The van der Waals surface area contributed by atoms with Gasteiger partial charge in [0.25, 0.3) is 0 Å². The molecule has 1 atom stereocenters. The first-order valence-electron chi connectivity index (χ1n) is 5.22. The minimum atomic E-state index is 0.540. The first kappa shape index (κ1) is 12.1. The molecule has 0 bridgehead atoms. The van der Waals surface area contributed by atoms with Crippen molar-refractivity contribution in [1.29, 1.82) is 5.26 Å². The van der Waals surface area contributed by atoms with Crippen LogP contribution in [0.25, 0.3) is 0 Å². The van der Waals surface area contributed by atoms with Gasteiger partial charge in [-0.2, -0.15) is 5.26 Å². The lowest BCUT2D eigenvalue weighted by Gasteiger charge is -2.17. The van der Waals surface area contributed by atoms with Gasteiger partial charge in [-0.05, 0) is 24.5 Å². The van der Waals surface area contributed by atoms with Crippen molar-refractivity contribution in [1.82, 2.24) is 0 Å². The molecule has 1 aromatic rings. The Bertz CT molecular complexity index is 377. The van der Waals surface area contributed by atoms with Gasteiger partial charge in [0.2, 0.25) is 0 Å². The number of benzene rings is 1. The van der Waals surface area contributed by atoms with E-state index in [1.54, 1.807) is 11.8 Å². The topological polar surface area (TPSA) is 23.8 Å². The number of rotatable bonds is 3. The van der Waals surface area contributed by atoms with Gasteiger partial charge in [-0.1, -0.05) is 32.9 Å². The zero-order valence-corrected chi connectivity index (χ0v) is 10.6. The molecule has 0 aliphatic heterocycles. The van der Waals surface area contributed by atoms with Gasteiger partial charge in [-0.3, -0.25) is 0 Å². The molecule has 0 saturated carbocycles. The van der Waals surface area contributed by atoms with E-state index in [0.717, 1.165) is 10.5 Å². The van der Waals surface area contributed by atoms with Crippen LogP contribution in [0.15, 0.2) is 23.1 Å². The van der Waals surface area contributed by atoms with Crippen LogP contribution in [0.5, 0.6) is 0 Å². The third kappa shape index (κ3) is 3.00. The average molecular weight is 219 g/mol. The van der Waals surface area contributed by atoms with Crippen molar-refractivity contribution in [3.63, 3.8) is 0 Å². The van der Waals surface area contributed by atoms with E-state index in [1.165, 1.54) is 5.56 Å². The van der Waals surface area contributed by atoms with E-state index in [4.69, 9.17) is 5.26 Å². The summed E-state index contributed by atoms with van der Waals surface area (Å²) in [6, 6.07) is 8.16. The number of hydrogen-bond acceptors (Lipinski definition) is 2. The first-order chi connectivity index (χ1) is 7.06. The Morgan fingerprint density at radius 3 is 2.47 bits per heavy atom. The molecular weight excluding hydrogens is 202 g/mol. The summed E-state index contributed by atoms with van der Waals surface area (Å²) < 4.78 is 0. The van der Waals surface area contributed by atoms with Crippen LogP contribution in [0, 0.1) is 24.2 Å². The van der Waals surface area contributed by atoms with E-state index < -0.39 is 0 Å². The molecule has 0 radical (unpaired) electrons. The quantitative estimate of drug-likeness (QED) is 0.717. The Labute approximate surface area is 96.5 Å². The summed E-state index contributed by atoms with van der Waals surface area (Å²) in [5.74, 6) is 0.626. The predicted molar refractivity (Wildman–Crippen MR) is 66.1 cm³/mol. The second-order valence-electron chi connectivity index (χ2n) is 4.13. The molecule has 1 unspecified atom stereocenters. The number of hydrogen-bond donors (Lipinski definition) is 0. The van der Waals surface area contributed by atoms with Gasteiger partial charge < -0.3 is 0 Å². The van der Waals surface area contributed by atoms with Gasteiger partial charge in [0.15, 0.2) is 0 Å². The van der Waals surface area contributed by atoms with Gasteiger partial charge in [0.05, 0.1) is 5.56 Å². The molecule has 80 valence electrons. The average Bonchev–Trinajstić information content (AvgIpc) is 2.20. The van der Waals surface area contributed by atoms with Crippen LogP contribution in [0.4, 0.5) is 0 Å². The number of nitrogens with zero attached hydrogens (tertiary/aromatic N) is 1. The number of aryl methyl sites for hydroxylation is 1. The molecule has 0 aromatic heterocycles. The van der Waals surface area contributed by atoms with E-state index >= 15 is 0 Å². The van der Waals surface area contributed by atoms with E-state index in [0.29, 0.717) is 11.2 Å². The molecule has 0 N–H and O–H groups in total. The smallest absolute Gasteiger partial charge is 0.100 e. The predicted octanol–water partition coefficient (Wildman–Crippen LogP) is 4.00. The third-order valence-electron chi connectivity index (χ3n) is 2.57. The van der Waals surface area contributed by atoms with Crippen molar-refractivity contribution >= 4 is 11.8 Å². The molecule has 0 fully saturated rings. The van der Waals surface area contributed by atoms with Crippen molar-refractivity contribution in [2.24, 2.45) is 5.92 Å². The van der Waals surface area contributed by atoms with Gasteiger partial charge >= 0.3 is 0 Å². The Hall–Kier alpha value is -0.940. The van der Waals surface area contributed by atoms with Crippen LogP contribution in [-0.2, 0) is 0 Å². The SMILES string of the molecule is Cc1cccc(C#N)c1SC(C)C(C)C. The summed E-state index contributed by atoms with van der Waals surface area (Å²) in [6.45, 7) is 8.70. The highest BCUT2D eigenvalue weighted by Crippen LogP contribution is 2.32. The molecule has 2 heteroatoms. The highest BCUT2D eigenvalue weighted by Gasteiger charge is 2.13. The van der Waals surface area contributed by atoms with Gasteiger partial charge in [-0.25, -0.2) is 0 Å². The van der Waals surface area contributed by atoms with Crippen LogP contribution < -0.4 is 0 Å². The molecule has 0 heterocycles. The third-order valence-corrected chi connectivity index (χ3v) is 4.27. The molecule has 0 amide bonds. The molecular formula is C13H17NS. The maximum absolute atomic E-state index is 9.03. The van der Waals surface area contributed by atoms with Crippen LogP contribution >= 0.6 is 11.8 Å². The normalized spacial score (nSPS) is 12.5. The fourth-order valence-corrected chi connectivity index (χ4v) is 2.36. The highest BCUT2D eigenvalue weighted by atomic mass is 32.2. The molecule has 0 aliphatic carbocycles. The lowest BCUT2D eigenvalue weighted by Crippen LogP contribution is -2.06. The zero-order valence-electron chi connectivity index (χ0n) is 9.74. The summed E-state index contributed by atoms with van der Waals surface area (Å²) in [6.07, 6.45) is 0. The first-order valence-corrected chi connectivity index (χ1v) is 6.10. The Morgan fingerprint density at radius 1 is 1.27 bits per heavy atom. The van der Waals surface area contributed by atoms with E-state index in [1.807, 2.05) is 12.1 Å². The van der Waals surface area contributed by atoms with Crippen molar-refractivity contribution in [2.75, 3.05) is 0 Å². The van der Waals surface area contributed by atoms with E-state index in [-0.39, 0.29) is 0 Å². The van der Waals surface area contributed by atoms with Crippen LogP contribution in [0.3, 0.4) is 0 Å². The monoisotopic (exact) mass is 219 g/mol. The molecule has 1 aromatic carbocycles.